The normalized spacial score (nSPS) is 12.5. The Morgan fingerprint density at radius 1 is 0.338 bits per heavy atom. The minimum atomic E-state index is -0.662. The molecule has 0 rings (SSSR count). The fraction of sp³-hybridized carbons (Fsp3) is 0.946. The average molecular weight is 1130 g/mol. The van der Waals surface area contributed by atoms with E-state index in [4.69, 9.17) is 4.74 Å². The molecule has 2 unspecified atom stereocenters. The highest BCUT2D eigenvalue weighted by atomic mass is 16.5. The van der Waals surface area contributed by atoms with Crippen molar-refractivity contribution in [3.8, 4) is 0 Å². The molecule has 0 bridgehead atoms. The average Bonchev–Trinajstić information content (AvgIpc) is 3.46. The fourth-order valence-electron chi connectivity index (χ4n) is 11.9. The summed E-state index contributed by atoms with van der Waals surface area (Å²) in [4.78, 5) is 24.6. The van der Waals surface area contributed by atoms with Crippen LogP contribution < -0.4 is 5.32 Å². The lowest BCUT2D eigenvalue weighted by Gasteiger charge is -2.22. The van der Waals surface area contributed by atoms with Crippen LogP contribution in [0.25, 0.3) is 0 Å². The van der Waals surface area contributed by atoms with Crippen molar-refractivity contribution < 1.29 is 24.5 Å². The van der Waals surface area contributed by atoms with Crippen LogP contribution in [-0.2, 0) is 14.3 Å². The summed E-state index contributed by atoms with van der Waals surface area (Å²) >= 11 is 0. The summed E-state index contributed by atoms with van der Waals surface area (Å²) in [6.07, 6.45) is 87.1. The van der Waals surface area contributed by atoms with Crippen LogP contribution in [0.2, 0.25) is 0 Å². The van der Waals surface area contributed by atoms with E-state index < -0.39 is 12.1 Å². The maximum atomic E-state index is 12.5. The van der Waals surface area contributed by atoms with Crippen molar-refractivity contribution in [3.63, 3.8) is 0 Å². The minimum absolute atomic E-state index is 0.0212. The molecule has 80 heavy (non-hydrogen) atoms. The summed E-state index contributed by atoms with van der Waals surface area (Å²) in [6, 6.07) is -0.539. The Bertz CT molecular complexity index is 1210. The van der Waals surface area contributed by atoms with E-state index >= 15 is 0 Å². The van der Waals surface area contributed by atoms with Gasteiger partial charge in [0.2, 0.25) is 5.91 Å². The molecule has 1 amide bonds. The number of rotatable bonds is 70. The van der Waals surface area contributed by atoms with Gasteiger partial charge < -0.3 is 20.3 Å². The van der Waals surface area contributed by atoms with E-state index in [2.05, 4.69) is 31.3 Å². The van der Waals surface area contributed by atoms with Gasteiger partial charge >= 0.3 is 5.97 Å². The number of allylic oxidation sites excluding steroid dienone is 2. The van der Waals surface area contributed by atoms with E-state index in [0.29, 0.717) is 25.9 Å². The highest BCUT2D eigenvalue weighted by Gasteiger charge is 2.20. The second-order valence-electron chi connectivity index (χ2n) is 25.6. The van der Waals surface area contributed by atoms with Crippen LogP contribution in [0.5, 0.6) is 0 Å². The molecule has 0 aliphatic carbocycles. The van der Waals surface area contributed by atoms with Crippen LogP contribution >= 0.6 is 0 Å². The number of unbranched alkanes of at least 4 members (excludes halogenated alkanes) is 57. The molecule has 6 heteroatoms. The lowest BCUT2D eigenvalue weighted by atomic mass is 10.0. The van der Waals surface area contributed by atoms with Crippen LogP contribution in [-0.4, -0.2) is 47.4 Å². The molecule has 0 heterocycles. The van der Waals surface area contributed by atoms with Gasteiger partial charge in [-0.2, -0.15) is 0 Å². The molecule has 0 fully saturated rings. The molecule has 0 aromatic carbocycles. The number of aliphatic hydroxyl groups excluding tert-OH is 2. The van der Waals surface area contributed by atoms with Crippen molar-refractivity contribution in [1.82, 2.24) is 5.32 Å². The van der Waals surface area contributed by atoms with E-state index in [0.717, 1.165) is 38.5 Å². The smallest absolute Gasteiger partial charge is 0.305 e. The summed E-state index contributed by atoms with van der Waals surface area (Å²) < 4.78 is 5.49. The first kappa shape index (κ1) is 78.6. The monoisotopic (exact) mass is 1130 g/mol. The van der Waals surface area contributed by atoms with E-state index in [1.807, 2.05) is 0 Å². The number of nitrogens with one attached hydrogen (secondary N) is 1. The Kier molecular flexibility index (Phi) is 68.9. The predicted molar refractivity (Wildman–Crippen MR) is 352 cm³/mol. The number of esters is 1. The summed E-state index contributed by atoms with van der Waals surface area (Å²) in [5.74, 6) is -0.00638. The molecular formula is C74H145NO5. The van der Waals surface area contributed by atoms with Crippen molar-refractivity contribution >= 4 is 11.9 Å². The van der Waals surface area contributed by atoms with Gasteiger partial charge in [-0.05, 0) is 51.4 Å². The Hall–Kier alpha value is -1.40. The summed E-state index contributed by atoms with van der Waals surface area (Å²) in [7, 11) is 0. The van der Waals surface area contributed by atoms with Crippen LogP contribution in [0.3, 0.4) is 0 Å². The van der Waals surface area contributed by atoms with Gasteiger partial charge in [0, 0.05) is 12.8 Å². The van der Waals surface area contributed by atoms with Crippen molar-refractivity contribution in [2.24, 2.45) is 0 Å². The number of carbonyl (C=O) groups is 2. The number of aliphatic hydroxyl groups is 2. The lowest BCUT2D eigenvalue weighted by Crippen LogP contribution is -2.45. The number of ether oxygens (including phenoxy) is 1. The topological polar surface area (TPSA) is 95.9 Å². The Labute approximate surface area is 501 Å². The molecule has 0 aromatic rings. The van der Waals surface area contributed by atoms with Gasteiger partial charge in [0.25, 0.3) is 0 Å². The van der Waals surface area contributed by atoms with Crippen molar-refractivity contribution in [3.05, 3.63) is 12.2 Å². The Morgan fingerprint density at radius 3 is 0.887 bits per heavy atom. The van der Waals surface area contributed by atoms with E-state index in [1.54, 1.807) is 0 Å². The maximum absolute atomic E-state index is 12.5. The zero-order valence-corrected chi connectivity index (χ0v) is 54.6. The second-order valence-corrected chi connectivity index (χ2v) is 25.6. The first-order valence-electron chi connectivity index (χ1n) is 36.9. The SMILES string of the molecule is CCCCCCCCCCCCCCCCCCCC(O)C(CO)NC(=O)CCCCCCCCCCCCCCCCCCC/C=C\CCCCCCCCCCCCCCOC(=O)CCCCCCCCCCCCCCC. The zero-order chi connectivity index (χ0) is 57.8. The molecule has 6 nitrogen and oxygen atoms in total. The third-order valence-electron chi connectivity index (χ3n) is 17.6. The van der Waals surface area contributed by atoms with E-state index in [9.17, 15) is 19.8 Å². The van der Waals surface area contributed by atoms with Gasteiger partial charge in [0.15, 0.2) is 0 Å². The van der Waals surface area contributed by atoms with Crippen LogP contribution in [0, 0.1) is 0 Å². The Morgan fingerprint density at radius 2 is 0.588 bits per heavy atom. The quantitative estimate of drug-likeness (QED) is 0.0320. The highest BCUT2D eigenvalue weighted by Crippen LogP contribution is 2.19. The molecule has 0 aromatic heterocycles. The molecule has 0 saturated carbocycles. The maximum Gasteiger partial charge on any atom is 0.305 e. The number of hydrogen-bond donors (Lipinski definition) is 3. The van der Waals surface area contributed by atoms with Crippen LogP contribution in [0.4, 0.5) is 0 Å². The van der Waals surface area contributed by atoms with Crippen molar-refractivity contribution in [2.45, 2.75) is 437 Å². The molecule has 0 aliphatic rings. The molecule has 0 spiro atoms. The largest absolute Gasteiger partial charge is 0.466 e. The van der Waals surface area contributed by atoms with Gasteiger partial charge in [-0.1, -0.05) is 373 Å². The lowest BCUT2D eigenvalue weighted by molar-refractivity contribution is -0.143. The third kappa shape index (κ3) is 65.7. The fourth-order valence-corrected chi connectivity index (χ4v) is 11.9. The summed E-state index contributed by atoms with van der Waals surface area (Å²) in [6.45, 7) is 5.00. The second kappa shape index (κ2) is 70.1. The first-order valence-corrected chi connectivity index (χ1v) is 36.9. The molecular weight excluding hydrogens is 983 g/mol. The molecule has 3 N–H and O–H groups in total. The number of amides is 1. The van der Waals surface area contributed by atoms with Gasteiger partial charge in [-0.15, -0.1) is 0 Å². The minimum Gasteiger partial charge on any atom is -0.466 e. The standard InChI is InChI=1S/C74H145NO5/c1-3-5-7-9-11-13-15-17-18-36-39-43-46-50-54-58-62-66-72(77)71(70-76)75-73(78)67-63-59-55-51-47-44-40-37-34-32-30-28-26-24-22-20-19-21-23-25-27-29-31-33-35-38-41-45-49-53-57-61-65-69-80-74(79)68-64-60-56-52-48-42-16-14-12-10-8-6-4-2/h23,25,71-72,76-77H,3-22,24,26-70H2,1-2H3,(H,75,78)/b25-23-. The van der Waals surface area contributed by atoms with Crippen LogP contribution in [0.15, 0.2) is 12.2 Å². The van der Waals surface area contributed by atoms with Gasteiger partial charge in [-0.3, -0.25) is 9.59 Å². The molecule has 0 radical (unpaired) electrons. The first-order chi connectivity index (χ1) is 39.5. The van der Waals surface area contributed by atoms with Gasteiger partial charge in [-0.25, -0.2) is 0 Å². The summed E-state index contributed by atoms with van der Waals surface area (Å²) in [5, 5.41) is 23.4. The van der Waals surface area contributed by atoms with Gasteiger partial charge in [0.1, 0.15) is 0 Å². The predicted octanol–water partition coefficient (Wildman–Crippen LogP) is 23.9. The molecule has 2 atom stereocenters. The van der Waals surface area contributed by atoms with E-state index in [-0.39, 0.29) is 18.5 Å². The zero-order valence-electron chi connectivity index (χ0n) is 54.6. The third-order valence-corrected chi connectivity index (χ3v) is 17.6. The van der Waals surface area contributed by atoms with Crippen molar-refractivity contribution in [1.29, 1.82) is 0 Å². The highest BCUT2D eigenvalue weighted by molar-refractivity contribution is 5.76. The number of hydrogen-bond acceptors (Lipinski definition) is 5. The number of carbonyl (C=O) groups excluding carboxylic acids is 2. The molecule has 0 aliphatic heterocycles. The molecule has 476 valence electrons. The summed E-state index contributed by atoms with van der Waals surface area (Å²) in [5.41, 5.74) is 0. The van der Waals surface area contributed by atoms with Crippen molar-refractivity contribution in [2.75, 3.05) is 13.2 Å². The molecule has 0 saturated heterocycles. The Balaban J connectivity index is 3.34. The van der Waals surface area contributed by atoms with E-state index in [1.165, 1.54) is 353 Å². The van der Waals surface area contributed by atoms with Crippen LogP contribution in [0.1, 0.15) is 425 Å². The van der Waals surface area contributed by atoms with Gasteiger partial charge in [0.05, 0.1) is 25.4 Å².